The average Bonchev–Trinajstić information content (AvgIpc) is 3.18. The molecule has 0 saturated carbocycles. The molecule has 1 atom stereocenters. The number of carbonyl (C=O) groups excluding carboxylic acids is 2. The van der Waals surface area contributed by atoms with Crippen LogP contribution in [0.1, 0.15) is 27.3 Å². The van der Waals surface area contributed by atoms with Gasteiger partial charge in [-0.25, -0.2) is 9.78 Å². The zero-order chi connectivity index (χ0) is 17.9. The van der Waals surface area contributed by atoms with Gasteiger partial charge in [0.05, 0.1) is 13.1 Å². The van der Waals surface area contributed by atoms with Crippen molar-refractivity contribution in [2.24, 2.45) is 0 Å². The van der Waals surface area contributed by atoms with Crippen LogP contribution in [0.4, 0.5) is 4.79 Å². The van der Waals surface area contributed by atoms with Crippen molar-refractivity contribution >= 4 is 28.3 Å². The molecule has 1 spiro atoms. The fourth-order valence-electron chi connectivity index (χ4n) is 3.52. The van der Waals surface area contributed by atoms with Crippen molar-refractivity contribution in [2.75, 3.05) is 26.7 Å². The SMILES string of the molecule is Cc1sc2ncc(C(=O)N3CC[C@@]4(CN(C)C(=O)O4)C3)c(=O)n2c1C. The van der Waals surface area contributed by atoms with Crippen molar-refractivity contribution in [1.82, 2.24) is 19.2 Å². The first-order chi connectivity index (χ1) is 11.8. The summed E-state index contributed by atoms with van der Waals surface area (Å²) in [6.07, 6.45) is 1.55. The number of fused-ring (bicyclic) bond motifs is 1. The molecule has 4 rings (SSSR count). The fourth-order valence-corrected chi connectivity index (χ4v) is 4.45. The van der Waals surface area contributed by atoms with Gasteiger partial charge in [0.25, 0.3) is 11.5 Å². The van der Waals surface area contributed by atoms with Crippen LogP contribution in [-0.4, -0.2) is 63.5 Å². The van der Waals surface area contributed by atoms with E-state index in [0.29, 0.717) is 31.0 Å². The predicted octanol–water partition coefficient (Wildman–Crippen LogP) is 1.04. The molecule has 2 aliphatic heterocycles. The molecule has 2 fully saturated rings. The van der Waals surface area contributed by atoms with E-state index in [1.54, 1.807) is 11.9 Å². The molecule has 25 heavy (non-hydrogen) atoms. The summed E-state index contributed by atoms with van der Waals surface area (Å²) in [7, 11) is 1.67. The summed E-state index contributed by atoms with van der Waals surface area (Å²) in [6.45, 7) is 4.96. The minimum Gasteiger partial charge on any atom is -0.439 e. The molecule has 9 heteroatoms. The summed E-state index contributed by atoms with van der Waals surface area (Å²) in [5.41, 5.74) is -0.160. The molecular formula is C16H18N4O4S. The Morgan fingerprint density at radius 2 is 2.08 bits per heavy atom. The normalized spacial score (nSPS) is 23.1. The Balaban J connectivity index is 1.65. The largest absolute Gasteiger partial charge is 0.439 e. The summed E-state index contributed by atoms with van der Waals surface area (Å²) in [5, 5.41) is 0. The molecule has 0 aliphatic carbocycles. The Kier molecular flexibility index (Phi) is 3.40. The van der Waals surface area contributed by atoms with E-state index in [9.17, 15) is 14.4 Å². The molecule has 4 heterocycles. The van der Waals surface area contributed by atoms with Crippen LogP contribution in [-0.2, 0) is 4.74 Å². The Bertz CT molecular complexity index is 965. The van der Waals surface area contributed by atoms with Gasteiger partial charge in [0, 0.05) is 36.8 Å². The molecule has 0 unspecified atom stereocenters. The fraction of sp³-hybridized carbons (Fsp3) is 0.500. The molecule has 0 aromatic carbocycles. The Hall–Kier alpha value is -2.42. The third kappa shape index (κ3) is 2.33. The van der Waals surface area contributed by atoms with Gasteiger partial charge in [-0.05, 0) is 13.8 Å². The van der Waals surface area contributed by atoms with E-state index in [4.69, 9.17) is 4.74 Å². The molecule has 2 aliphatic rings. The standard InChI is InChI=1S/C16H18N4O4S/c1-9-10(2)25-14-17-6-11(13(22)20(9)14)12(21)19-5-4-16(8-19)7-18(3)15(23)24-16/h6H,4-5,7-8H2,1-3H3/t16-/m1/s1. The number of hydrogen-bond donors (Lipinski definition) is 0. The minimum atomic E-state index is -0.663. The Morgan fingerprint density at radius 1 is 1.32 bits per heavy atom. The van der Waals surface area contributed by atoms with E-state index in [0.717, 1.165) is 10.6 Å². The number of amides is 2. The third-order valence-electron chi connectivity index (χ3n) is 4.99. The molecule has 132 valence electrons. The van der Waals surface area contributed by atoms with Crippen LogP contribution in [0.25, 0.3) is 4.96 Å². The van der Waals surface area contributed by atoms with E-state index >= 15 is 0 Å². The van der Waals surface area contributed by atoms with Crippen LogP contribution >= 0.6 is 11.3 Å². The molecule has 0 radical (unpaired) electrons. The Labute approximate surface area is 147 Å². The minimum absolute atomic E-state index is 0.0492. The molecule has 2 aromatic rings. The maximum Gasteiger partial charge on any atom is 0.410 e. The number of aryl methyl sites for hydroxylation is 2. The van der Waals surface area contributed by atoms with Crippen LogP contribution < -0.4 is 5.56 Å². The number of likely N-dealkylation sites (tertiary alicyclic amines) is 1. The van der Waals surface area contributed by atoms with Crippen molar-refractivity contribution in [2.45, 2.75) is 25.9 Å². The molecule has 8 nitrogen and oxygen atoms in total. The lowest BCUT2D eigenvalue weighted by molar-refractivity contribution is 0.0552. The molecule has 2 saturated heterocycles. The number of rotatable bonds is 1. The number of carbonyl (C=O) groups is 2. The predicted molar refractivity (Wildman–Crippen MR) is 91.2 cm³/mol. The molecule has 0 N–H and O–H groups in total. The van der Waals surface area contributed by atoms with Crippen LogP contribution in [0.2, 0.25) is 0 Å². The van der Waals surface area contributed by atoms with E-state index in [1.807, 2.05) is 13.8 Å². The monoisotopic (exact) mass is 362 g/mol. The number of likely N-dealkylation sites (N-methyl/N-ethyl adjacent to an activating group) is 1. The van der Waals surface area contributed by atoms with Gasteiger partial charge in [-0.15, -0.1) is 11.3 Å². The molecule has 2 aromatic heterocycles. The molecule has 0 bridgehead atoms. The van der Waals surface area contributed by atoms with E-state index in [2.05, 4.69) is 4.98 Å². The van der Waals surface area contributed by atoms with Crippen molar-refractivity contribution in [1.29, 1.82) is 0 Å². The number of aromatic nitrogens is 2. The first-order valence-corrected chi connectivity index (χ1v) is 8.84. The zero-order valence-corrected chi connectivity index (χ0v) is 15.1. The highest BCUT2D eigenvalue weighted by Crippen LogP contribution is 2.32. The molecular weight excluding hydrogens is 344 g/mol. The quantitative estimate of drug-likeness (QED) is 0.757. The van der Waals surface area contributed by atoms with E-state index in [1.165, 1.54) is 26.8 Å². The van der Waals surface area contributed by atoms with Crippen molar-refractivity contribution < 1.29 is 14.3 Å². The smallest absolute Gasteiger partial charge is 0.410 e. The summed E-state index contributed by atoms with van der Waals surface area (Å²) in [5.74, 6) is -0.363. The van der Waals surface area contributed by atoms with Gasteiger partial charge in [0.15, 0.2) is 10.6 Å². The lowest BCUT2D eigenvalue weighted by Gasteiger charge is -2.21. The van der Waals surface area contributed by atoms with Gasteiger partial charge < -0.3 is 14.5 Å². The number of nitrogens with zero attached hydrogens (tertiary/aromatic N) is 4. The van der Waals surface area contributed by atoms with Crippen molar-refractivity contribution in [3.8, 4) is 0 Å². The lowest BCUT2D eigenvalue weighted by Crippen LogP contribution is -2.40. The highest BCUT2D eigenvalue weighted by molar-refractivity contribution is 7.17. The van der Waals surface area contributed by atoms with Gasteiger partial charge in [0.2, 0.25) is 0 Å². The molecule has 2 amide bonds. The average molecular weight is 362 g/mol. The highest BCUT2D eigenvalue weighted by atomic mass is 32.1. The van der Waals surface area contributed by atoms with Crippen LogP contribution in [0.15, 0.2) is 11.0 Å². The second kappa shape index (κ2) is 5.29. The third-order valence-corrected chi connectivity index (χ3v) is 6.07. The number of hydrogen-bond acceptors (Lipinski definition) is 6. The second-order valence-corrected chi connectivity index (χ2v) is 7.90. The van der Waals surface area contributed by atoms with Crippen LogP contribution in [0.5, 0.6) is 0 Å². The van der Waals surface area contributed by atoms with Crippen LogP contribution in [0, 0.1) is 13.8 Å². The summed E-state index contributed by atoms with van der Waals surface area (Å²) >= 11 is 1.43. The van der Waals surface area contributed by atoms with Gasteiger partial charge in [-0.1, -0.05) is 0 Å². The van der Waals surface area contributed by atoms with Gasteiger partial charge >= 0.3 is 6.09 Å². The summed E-state index contributed by atoms with van der Waals surface area (Å²) in [4.78, 5) is 46.2. The van der Waals surface area contributed by atoms with Gasteiger partial charge in [-0.3, -0.25) is 14.0 Å². The van der Waals surface area contributed by atoms with E-state index < -0.39 is 5.60 Å². The second-order valence-electron chi connectivity index (χ2n) is 6.72. The topological polar surface area (TPSA) is 84.2 Å². The van der Waals surface area contributed by atoms with Crippen molar-refractivity contribution in [3.05, 3.63) is 32.7 Å². The number of ether oxygens (including phenoxy) is 1. The number of thiazole rings is 1. The van der Waals surface area contributed by atoms with Gasteiger partial charge in [-0.2, -0.15) is 0 Å². The maximum atomic E-state index is 12.9. The van der Waals surface area contributed by atoms with Crippen molar-refractivity contribution in [3.63, 3.8) is 0 Å². The lowest BCUT2D eigenvalue weighted by atomic mass is 10.0. The van der Waals surface area contributed by atoms with Crippen LogP contribution in [0.3, 0.4) is 0 Å². The maximum absolute atomic E-state index is 12.9. The summed E-state index contributed by atoms with van der Waals surface area (Å²) < 4.78 is 6.95. The van der Waals surface area contributed by atoms with Gasteiger partial charge in [0.1, 0.15) is 5.56 Å². The highest BCUT2D eigenvalue weighted by Gasteiger charge is 2.49. The zero-order valence-electron chi connectivity index (χ0n) is 14.2. The summed E-state index contributed by atoms with van der Waals surface area (Å²) in [6, 6.07) is 0. The first kappa shape index (κ1) is 16.1. The Morgan fingerprint density at radius 3 is 2.76 bits per heavy atom. The first-order valence-electron chi connectivity index (χ1n) is 8.02. The van der Waals surface area contributed by atoms with E-state index in [-0.39, 0.29) is 23.1 Å².